The predicted molar refractivity (Wildman–Crippen MR) is 89.7 cm³/mol. The monoisotopic (exact) mass is 310 g/mol. The average molecular weight is 310 g/mol. The molecule has 0 atom stereocenters. The zero-order valence-electron chi connectivity index (χ0n) is 14.6. The molecule has 0 bridgehead atoms. The van der Waals surface area contributed by atoms with E-state index in [4.69, 9.17) is 10.5 Å². The lowest BCUT2D eigenvalue weighted by Gasteiger charge is -2.33. The Kier molecular flexibility index (Phi) is 6.13. The maximum Gasteiger partial charge on any atom is 0.407 e. The van der Waals surface area contributed by atoms with Crippen LogP contribution in [0.4, 0.5) is 4.79 Å². The molecule has 2 fully saturated rings. The van der Waals surface area contributed by atoms with Gasteiger partial charge in [0.15, 0.2) is 0 Å². The Labute approximate surface area is 135 Å². The fourth-order valence-electron chi connectivity index (χ4n) is 3.87. The summed E-state index contributed by atoms with van der Waals surface area (Å²) in [4.78, 5) is 11.8. The zero-order valence-corrected chi connectivity index (χ0v) is 14.6. The number of carbonyl (C=O) groups excluding carboxylic acids is 1. The van der Waals surface area contributed by atoms with Crippen molar-refractivity contribution in [2.75, 3.05) is 0 Å². The molecule has 3 N–H and O–H groups in total. The Morgan fingerprint density at radius 1 is 1.00 bits per heavy atom. The second kappa shape index (κ2) is 7.67. The van der Waals surface area contributed by atoms with Gasteiger partial charge in [0, 0.05) is 11.6 Å². The normalized spacial score (nSPS) is 33.3. The van der Waals surface area contributed by atoms with Crippen molar-refractivity contribution >= 4 is 6.09 Å². The standard InChI is InChI=1S/C18H34N2O2/c1-18(2,3)20-17(21)22-16-10-6-14(7-11-16)12-13-4-8-15(19)9-5-13/h13-16H,4-12,19H2,1-3H3,(H,20,21). The smallest absolute Gasteiger partial charge is 0.407 e. The molecule has 0 saturated heterocycles. The fraction of sp³-hybridized carbons (Fsp3) is 0.944. The highest BCUT2D eigenvalue weighted by Gasteiger charge is 2.28. The molecular formula is C18H34N2O2. The van der Waals surface area contributed by atoms with Gasteiger partial charge in [-0.2, -0.15) is 0 Å². The molecule has 4 nitrogen and oxygen atoms in total. The van der Waals surface area contributed by atoms with E-state index in [9.17, 15) is 4.79 Å². The van der Waals surface area contributed by atoms with E-state index in [1.54, 1.807) is 0 Å². The van der Waals surface area contributed by atoms with E-state index in [2.05, 4.69) is 5.32 Å². The van der Waals surface area contributed by atoms with Crippen molar-refractivity contribution in [3.8, 4) is 0 Å². The summed E-state index contributed by atoms with van der Waals surface area (Å²) in [6.07, 6.45) is 10.7. The van der Waals surface area contributed by atoms with E-state index in [0.717, 1.165) is 24.7 Å². The summed E-state index contributed by atoms with van der Waals surface area (Å²) in [5, 5.41) is 2.87. The van der Waals surface area contributed by atoms with Gasteiger partial charge in [0.25, 0.3) is 0 Å². The molecule has 128 valence electrons. The maximum absolute atomic E-state index is 11.8. The van der Waals surface area contributed by atoms with Crippen LogP contribution in [0, 0.1) is 11.8 Å². The molecule has 4 heteroatoms. The summed E-state index contributed by atoms with van der Waals surface area (Å²) < 4.78 is 5.55. The molecule has 22 heavy (non-hydrogen) atoms. The third-order valence-corrected chi connectivity index (χ3v) is 5.10. The number of alkyl carbamates (subject to hydrolysis) is 1. The Morgan fingerprint density at radius 2 is 1.50 bits per heavy atom. The van der Waals surface area contributed by atoms with Gasteiger partial charge in [0.2, 0.25) is 0 Å². The second-order valence-corrected chi connectivity index (χ2v) is 8.44. The number of carbonyl (C=O) groups is 1. The topological polar surface area (TPSA) is 64.3 Å². The number of ether oxygens (including phenoxy) is 1. The highest BCUT2D eigenvalue weighted by molar-refractivity contribution is 5.68. The molecular weight excluding hydrogens is 276 g/mol. The highest BCUT2D eigenvalue weighted by atomic mass is 16.6. The molecule has 2 aliphatic carbocycles. The Balaban J connectivity index is 1.64. The summed E-state index contributed by atoms with van der Waals surface area (Å²) in [7, 11) is 0. The minimum atomic E-state index is -0.266. The van der Waals surface area contributed by atoms with Crippen molar-refractivity contribution in [3.63, 3.8) is 0 Å². The quantitative estimate of drug-likeness (QED) is 0.828. The molecule has 0 aromatic heterocycles. The first-order valence-electron chi connectivity index (χ1n) is 9.06. The van der Waals surface area contributed by atoms with Crippen LogP contribution in [0.2, 0.25) is 0 Å². The number of hydrogen-bond acceptors (Lipinski definition) is 3. The molecule has 2 rings (SSSR count). The first-order chi connectivity index (χ1) is 10.3. The van der Waals surface area contributed by atoms with E-state index in [-0.39, 0.29) is 17.7 Å². The van der Waals surface area contributed by atoms with Crippen LogP contribution < -0.4 is 11.1 Å². The summed E-state index contributed by atoms with van der Waals surface area (Å²) >= 11 is 0. The van der Waals surface area contributed by atoms with E-state index >= 15 is 0 Å². The summed E-state index contributed by atoms with van der Waals surface area (Å²) in [5.74, 6) is 1.70. The van der Waals surface area contributed by atoms with E-state index in [1.165, 1.54) is 44.9 Å². The van der Waals surface area contributed by atoms with Gasteiger partial charge in [0.05, 0.1) is 0 Å². The zero-order chi connectivity index (χ0) is 16.2. The maximum atomic E-state index is 11.8. The number of rotatable bonds is 3. The predicted octanol–water partition coefficient (Wildman–Crippen LogP) is 3.98. The third kappa shape index (κ3) is 6.15. The van der Waals surface area contributed by atoms with Crippen LogP contribution in [0.3, 0.4) is 0 Å². The highest BCUT2D eigenvalue weighted by Crippen LogP contribution is 2.35. The molecule has 0 aromatic carbocycles. The lowest BCUT2D eigenvalue weighted by molar-refractivity contribution is 0.0556. The molecule has 0 radical (unpaired) electrons. The van der Waals surface area contributed by atoms with E-state index < -0.39 is 0 Å². The van der Waals surface area contributed by atoms with Gasteiger partial charge in [-0.05, 0) is 90.4 Å². The molecule has 0 aliphatic heterocycles. The lowest BCUT2D eigenvalue weighted by atomic mass is 9.76. The van der Waals surface area contributed by atoms with Crippen LogP contribution >= 0.6 is 0 Å². The number of nitrogens with one attached hydrogen (secondary N) is 1. The second-order valence-electron chi connectivity index (χ2n) is 8.44. The van der Waals surface area contributed by atoms with Gasteiger partial charge in [-0.1, -0.05) is 0 Å². The van der Waals surface area contributed by atoms with Crippen molar-refractivity contribution in [2.24, 2.45) is 17.6 Å². The van der Waals surface area contributed by atoms with Crippen LogP contribution in [0.25, 0.3) is 0 Å². The molecule has 0 aromatic rings. The van der Waals surface area contributed by atoms with Gasteiger partial charge in [-0.25, -0.2) is 4.79 Å². The minimum absolute atomic E-state index is 0.110. The average Bonchev–Trinajstić information content (AvgIpc) is 2.41. The molecule has 0 unspecified atom stereocenters. The summed E-state index contributed by atoms with van der Waals surface area (Å²) in [5.41, 5.74) is 5.76. The molecule has 0 heterocycles. The molecule has 0 spiro atoms. The first-order valence-corrected chi connectivity index (χ1v) is 9.06. The summed E-state index contributed by atoms with van der Waals surface area (Å²) in [6.45, 7) is 5.92. The van der Waals surface area contributed by atoms with Crippen LogP contribution in [0.15, 0.2) is 0 Å². The first kappa shape index (κ1) is 17.6. The fourth-order valence-corrected chi connectivity index (χ4v) is 3.87. The van der Waals surface area contributed by atoms with Crippen LogP contribution in [-0.2, 0) is 4.74 Å². The van der Waals surface area contributed by atoms with Crippen molar-refractivity contribution in [3.05, 3.63) is 0 Å². The SMILES string of the molecule is CC(C)(C)NC(=O)OC1CCC(CC2CCC(N)CC2)CC1. The van der Waals surface area contributed by atoms with E-state index in [1.807, 2.05) is 20.8 Å². The van der Waals surface area contributed by atoms with Gasteiger partial charge < -0.3 is 15.8 Å². The number of nitrogens with two attached hydrogens (primary N) is 1. The van der Waals surface area contributed by atoms with Crippen LogP contribution in [0.1, 0.15) is 78.6 Å². The summed E-state index contributed by atoms with van der Waals surface area (Å²) in [6, 6.07) is 0.446. The molecule has 1 amide bonds. The largest absolute Gasteiger partial charge is 0.446 e. The third-order valence-electron chi connectivity index (χ3n) is 5.10. The van der Waals surface area contributed by atoms with Gasteiger partial charge in [-0.3, -0.25) is 0 Å². The number of hydrogen-bond donors (Lipinski definition) is 2. The lowest BCUT2D eigenvalue weighted by Crippen LogP contribution is -2.42. The molecule has 2 saturated carbocycles. The minimum Gasteiger partial charge on any atom is -0.446 e. The Morgan fingerprint density at radius 3 is 2.00 bits per heavy atom. The van der Waals surface area contributed by atoms with E-state index in [0.29, 0.717) is 6.04 Å². The van der Waals surface area contributed by atoms with Gasteiger partial charge >= 0.3 is 6.09 Å². The van der Waals surface area contributed by atoms with Crippen molar-refractivity contribution in [2.45, 2.75) is 96.2 Å². The van der Waals surface area contributed by atoms with Crippen molar-refractivity contribution < 1.29 is 9.53 Å². The van der Waals surface area contributed by atoms with Gasteiger partial charge in [-0.15, -0.1) is 0 Å². The van der Waals surface area contributed by atoms with Crippen molar-refractivity contribution in [1.82, 2.24) is 5.32 Å². The Hall–Kier alpha value is -0.770. The Bertz CT molecular complexity index is 349. The van der Waals surface area contributed by atoms with Gasteiger partial charge in [0.1, 0.15) is 6.10 Å². The van der Waals surface area contributed by atoms with Crippen LogP contribution in [0.5, 0.6) is 0 Å². The van der Waals surface area contributed by atoms with Crippen LogP contribution in [-0.4, -0.2) is 23.8 Å². The van der Waals surface area contributed by atoms with Crippen molar-refractivity contribution in [1.29, 1.82) is 0 Å². The number of amides is 1. The molecule has 2 aliphatic rings.